The molecule has 3 fully saturated rings. The zero-order chi connectivity index (χ0) is 15.0. The van der Waals surface area contributed by atoms with Crippen molar-refractivity contribution in [3.63, 3.8) is 0 Å². The second kappa shape index (κ2) is 5.94. The normalized spacial score (nSPS) is 39.0. The fourth-order valence-corrected chi connectivity index (χ4v) is 5.33. The van der Waals surface area contributed by atoms with E-state index in [2.05, 4.69) is 5.32 Å². The fourth-order valence-electron chi connectivity index (χ4n) is 4.03. The summed E-state index contributed by atoms with van der Waals surface area (Å²) in [7, 11) is -0.755. The Morgan fingerprint density at radius 2 is 1.86 bits per heavy atom. The third kappa shape index (κ3) is 2.93. The summed E-state index contributed by atoms with van der Waals surface area (Å²) in [6, 6.07) is -0.894. The highest BCUT2D eigenvalue weighted by Gasteiger charge is 2.49. The number of likely N-dealkylation sites (tertiary alicyclic amines) is 1. The molecule has 2 amide bonds. The highest BCUT2D eigenvalue weighted by molar-refractivity contribution is 7.85. The Hall–Kier alpha value is -1.11. The molecule has 0 bridgehead atoms. The van der Waals surface area contributed by atoms with Gasteiger partial charge in [-0.2, -0.15) is 0 Å². The van der Waals surface area contributed by atoms with Crippen LogP contribution in [0.15, 0.2) is 0 Å². The van der Waals surface area contributed by atoms with E-state index >= 15 is 0 Å². The molecule has 0 aromatic heterocycles. The van der Waals surface area contributed by atoms with Crippen LogP contribution in [0.4, 0.5) is 4.79 Å². The van der Waals surface area contributed by atoms with Gasteiger partial charge in [0.2, 0.25) is 0 Å². The number of fused-ring (bicyclic) bond motifs is 1. The molecule has 6 nitrogen and oxygen atoms in total. The Bertz CT molecular complexity index is 460. The van der Waals surface area contributed by atoms with Gasteiger partial charge in [0.15, 0.2) is 0 Å². The first kappa shape index (κ1) is 14.8. The third-order valence-corrected chi connectivity index (χ3v) is 6.50. The van der Waals surface area contributed by atoms with Gasteiger partial charge in [-0.15, -0.1) is 0 Å². The lowest BCUT2D eigenvalue weighted by atomic mass is 9.94. The topological polar surface area (TPSA) is 86.7 Å². The second-order valence-electron chi connectivity index (χ2n) is 6.36. The summed E-state index contributed by atoms with van der Waals surface area (Å²) in [5.41, 5.74) is 0. The first-order chi connectivity index (χ1) is 10.1. The summed E-state index contributed by atoms with van der Waals surface area (Å²) in [6.45, 7) is 0.562. The lowest BCUT2D eigenvalue weighted by Gasteiger charge is -2.29. The third-order valence-electron chi connectivity index (χ3n) is 5.12. The van der Waals surface area contributed by atoms with E-state index in [1.165, 1.54) is 4.90 Å². The number of rotatable bonds is 2. The number of aliphatic carboxylic acids is 1. The number of carboxylic acid groups (broad SMARTS) is 1. The predicted octanol–water partition coefficient (Wildman–Crippen LogP) is 0.792. The van der Waals surface area contributed by atoms with Crippen molar-refractivity contribution < 1.29 is 18.9 Å². The number of nitrogens with one attached hydrogen (secondary N) is 1. The Morgan fingerprint density at radius 1 is 1.14 bits per heavy atom. The van der Waals surface area contributed by atoms with Gasteiger partial charge in [-0.05, 0) is 37.5 Å². The molecule has 3 atom stereocenters. The number of nitrogens with zero attached hydrogens (tertiary/aromatic N) is 1. The van der Waals surface area contributed by atoms with Gasteiger partial charge < -0.3 is 15.3 Å². The number of carbonyl (C=O) groups excluding carboxylic acids is 1. The van der Waals surface area contributed by atoms with Crippen LogP contribution in [0.2, 0.25) is 0 Å². The zero-order valence-electron chi connectivity index (χ0n) is 12.0. The van der Waals surface area contributed by atoms with Gasteiger partial charge >= 0.3 is 12.0 Å². The molecule has 0 aromatic rings. The van der Waals surface area contributed by atoms with Gasteiger partial charge in [-0.1, -0.05) is 6.42 Å². The molecule has 7 heteroatoms. The Balaban J connectivity index is 1.63. The minimum absolute atomic E-state index is 0.0325. The van der Waals surface area contributed by atoms with Gasteiger partial charge in [-0.25, -0.2) is 9.59 Å². The maximum Gasteiger partial charge on any atom is 0.326 e. The van der Waals surface area contributed by atoms with Crippen LogP contribution >= 0.6 is 0 Å². The molecule has 1 aliphatic carbocycles. The second-order valence-corrected chi connectivity index (χ2v) is 8.06. The number of hydrogen-bond acceptors (Lipinski definition) is 3. The monoisotopic (exact) mass is 314 g/mol. The van der Waals surface area contributed by atoms with Gasteiger partial charge in [0, 0.05) is 34.9 Å². The number of carboxylic acids is 1. The molecule has 1 saturated carbocycles. The van der Waals surface area contributed by atoms with E-state index < -0.39 is 22.8 Å². The Labute approximate surface area is 126 Å². The summed E-state index contributed by atoms with van der Waals surface area (Å²) >= 11 is 0. The van der Waals surface area contributed by atoms with Gasteiger partial charge in [-0.3, -0.25) is 4.21 Å². The molecule has 118 valence electrons. The van der Waals surface area contributed by atoms with E-state index in [9.17, 15) is 18.9 Å². The molecule has 2 N–H and O–H groups in total. The zero-order valence-corrected chi connectivity index (χ0v) is 12.8. The molecular weight excluding hydrogens is 292 g/mol. The SMILES string of the molecule is O=C(O)C1C2CCCC2CN1C(=O)NC1CCS(=O)CC1. The highest BCUT2D eigenvalue weighted by Crippen LogP contribution is 2.42. The summed E-state index contributed by atoms with van der Waals surface area (Å²) in [5.74, 6) is 0.823. The van der Waals surface area contributed by atoms with E-state index in [-0.39, 0.29) is 18.0 Å². The van der Waals surface area contributed by atoms with Crippen LogP contribution in [-0.4, -0.2) is 56.3 Å². The standard InChI is InChI=1S/C14H22N2O4S/c17-13(18)12-11-3-1-2-9(11)8-16(12)14(19)15-10-4-6-21(20)7-5-10/h9-12H,1-8H2,(H,15,19)(H,17,18). The van der Waals surface area contributed by atoms with Gasteiger partial charge in [0.1, 0.15) is 6.04 Å². The maximum absolute atomic E-state index is 12.4. The van der Waals surface area contributed by atoms with Crippen molar-refractivity contribution in [3.8, 4) is 0 Å². The summed E-state index contributed by atoms with van der Waals surface area (Å²) in [4.78, 5) is 25.5. The van der Waals surface area contributed by atoms with Crippen molar-refractivity contribution in [1.29, 1.82) is 0 Å². The van der Waals surface area contributed by atoms with Crippen LogP contribution in [0.5, 0.6) is 0 Å². The van der Waals surface area contributed by atoms with E-state index in [0.29, 0.717) is 24.0 Å². The van der Waals surface area contributed by atoms with Crippen LogP contribution in [0, 0.1) is 11.8 Å². The van der Waals surface area contributed by atoms with Crippen LogP contribution in [-0.2, 0) is 15.6 Å². The first-order valence-electron chi connectivity index (χ1n) is 7.71. The van der Waals surface area contributed by atoms with Gasteiger partial charge in [0.25, 0.3) is 0 Å². The number of amides is 2. The van der Waals surface area contributed by atoms with Crippen molar-refractivity contribution >= 4 is 22.8 Å². The molecule has 3 unspecified atom stereocenters. The molecule has 2 aliphatic heterocycles. The average Bonchev–Trinajstić information content (AvgIpc) is 3.00. The van der Waals surface area contributed by atoms with Crippen LogP contribution in [0.25, 0.3) is 0 Å². The van der Waals surface area contributed by atoms with Crippen LogP contribution in [0.3, 0.4) is 0 Å². The molecule has 21 heavy (non-hydrogen) atoms. The lowest BCUT2D eigenvalue weighted by Crippen LogP contribution is -2.51. The number of urea groups is 1. The Morgan fingerprint density at radius 3 is 2.52 bits per heavy atom. The maximum atomic E-state index is 12.4. The van der Waals surface area contributed by atoms with Crippen molar-refractivity contribution in [3.05, 3.63) is 0 Å². The molecule has 3 aliphatic rings. The average molecular weight is 314 g/mol. The van der Waals surface area contributed by atoms with E-state index in [1.807, 2.05) is 0 Å². The fraction of sp³-hybridized carbons (Fsp3) is 0.857. The predicted molar refractivity (Wildman–Crippen MR) is 78.4 cm³/mol. The quantitative estimate of drug-likeness (QED) is 0.789. The molecule has 2 heterocycles. The molecule has 3 rings (SSSR count). The van der Waals surface area contributed by atoms with Crippen molar-refractivity contribution in [2.75, 3.05) is 18.1 Å². The summed E-state index contributed by atoms with van der Waals surface area (Å²) < 4.78 is 11.3. The number of carbonyl (C=O) groups is 2. The Kier molecular flexibility index (Phi) is 4.19. The van der Waals surface area contributed by atoms with E-state index in [0.717, 1.165) is 32.1 Å². The molecule has 0 spiro atoms. The van der Waals surface area contributed by atoms with Crippen LogP contribution in [0.1, 0.15) is 32.1 Å². The first-order valence-corrected chi connectivity index (χ1v) is 9.20. The van der Waals surface area contributed by atoms with E-state index in [1.54, 1.807) is 0 Å². The minimum Gasteiger partial charge on any atom is -0.480 e. The summed E-state index contributed by atoms with van der Waals surface area (Å²) in [5, 5.41) is 12.4. The molecule has 2 saturated heterocycles. The molecule has 0 aromatic carbocycles. The lowest BCUT2D eigenvalue weighted by molar-refractivity contribution is -0.142. The largest absolute Gasteiger partial charge is 0.480 e. The molecule has 0 radical (unpaired) electrons. The van der Waals surface area contributed by atoms with Crippen LogP contribution < -0.4 is 5.32 Å². The van der Waals surface area contributed by atoms with E-state index in [4.69, 9.17) is 0 Å². The van der Waals surface area contributed by atoms with Crippen molar-refractivity contribution in [2.24, 2.45) is 11.8 Å². The van der Waals surface area contributed by atoms with Crippen molar-refractivity contribution in [1.82, 2.24) is 10.2 Å². The highest BCUT2D eigenvalue weighted by atomic mass is 32.2. The number of hydrogen-bond donors (Lipinski definition) is 2. The smallest absolute Gasteiger partial charge is 0.326 e. The minimum atomic E-state index is -0.885. The molecular formula is C14H22N2O4S. The summed E-state index contributed by atoms with van der Waals surface area (Å²) in [6.07, 6.45) is 4.45. The van der Waals surface area contributed by atoms with Gasteiger partial charge in [0.05, 0.1) is 0 Å². The van der Waals surface area contributed by atoms with Crippen molar-refractivity contribution in [2.45, 2.75) is 44.2 Å².